The monoisotopic (exact) mass is 268 g/mol. The predicted molar refractivity (Wildman–Crippen MR) is 76.0 cm³/mol. The molecule has 2 aliphatic heterocycles. The molecule has 0 unspecified atom stereocenters. The van der Waals surface area contributed by atoms with Crippen LogP contribution in [0.3, 0.4) is 0 Å². The highest BCUT2D eigenvalue weighted by molar-refractivity contribution is 5.79. The summed E-state index contributed by atoms with van der Waals surface area (Å²) in [6, 6.07) is 0. The number of nitrogens with zero attached hydrogens (tertiary/aromatic N) is 1. The van der Waals surface area contributed by atoms with E-state index in [1.54, 1.807) is 0 Å². The molecule has 1 N–H and O–H groups in total. The van der Waals surface area contributed by atoms with Crippen molar-refractivity contribution >= 4 is 5.91 Å². The Bertz CT molecular complexity index is 311. The molecule has 0 saturated carbocycles. The molecule has 0 spiro atoms. The van der Waals surface area contributed by atoms with Crippen molar-refractivity contribution in [1.29, 1.82) is 0 Å². The second kappa shape index (κ2) is 6.23. The van der Waals surface area contributed by atoms with E-state index in [1.807, 2.05) is 0 Å². The number of carbonyl (C=O) groups excluding carboxylic acids is 1. The summed E-state index contributed by atoms with van der Waals surface area (Å²) >= 11 is 0. The van der Waals surface area contributed by atoms with Crippen molar-refractivity contribution in [3.63, 3.8) is 0 Å². The molecular formula is C15H28N2O2. The topological polar surface area (TPSA) is 41.6 Å². The van der Waals surface area contributed by atoms with Gasteiger partial charge in [-0.2, -0.15) is 0 Å². The third-order valence-electron chi connectivity index (χ3n) is 4.51. The average molecular weight is 268 g/mol. The molecule has 0 aliphatic carbocycles. The van der Waals surface area contributed by atoms with Crippen LogP contribution in [-0.4, -0.2) is 49.2 Å². The molecule has 0 aromatic rings. The van der Waals surface area contributed by atoms with Crippen molar-refractivity contribution < 1.29 is 9.53 Å². The Morgan fingerprint density at radius 2 is 2.21 bits per heavy atom. The van der Waals surface area contributed by atoms with Crippen LogP contribution in [0.2, 0.25) is 0 Å². The van der Waals surface area contributed by atoms with Gasteiger partial charge in [0.15, 0.2) is 0 Å². The molecule has 4 nitrogen and oxygen atoms in total. The van der Waals surface area contributed by atoms with Gasteiger partial charge >= 0.3 is 0 Å². The van der Waals surface area contributed by atoms with Crippen molar-refractivity contribution in [2.24, 2.45) is 11.8 Å². The van der Waals surface area contributed by atoms with Crippen LogP contribution in [0.15, 0.2) is 0 Å². The zero-order valence-electron chi connectivity index (χ0n) is 12.6. The molecule has 2 saturated heterocycles. The van der Waals surface area contributed by atoms with Gasteiger partial charge < -0.3 is 10.1 Å². The molecule has 2 fully saturated rings. The van der Waals surface area contributed by atoms with E-state index in [1.165, 1.54) is 12.8 Å². The highest BCUT2D eigenvalue weighted by Gasteiger charge is 2.31. The van der Waals surface area contributed by atoms with Gasteiger partial charge in [-0.05, 0) is 45.6 Å². The molecule has 0 bridgehead atoms. The maximum Gasteiger partial charge on any atom is 0.225 e. The van der Waals surface area contributed by atoms with Gasteiger partial charge in [0.2, 0.25) is 5.91 Å². The highest BCUT2D eigenvalue weighted by atomic mass is 16.5. The third kappa shape index (κ3) is 3.93. The zero-order chi connectivity index (χ0) is 13.9. The Hall–Kier alpha value is -0.610. The molecular weight excluding hydrogens is 240 g/mol. The minimum Gasteiger partial charge on any atom is -0.381 e. The molecule has 0 aromatic carbocycles. The first kappa shape index (κ1) is 14.8. The smallest absolute Gasteiger partial charge is 0.225 e. The largest absolute Gasteiger partial charge is 0.381 e. The van der Waals surface area contributed by atoms with E-state index in [2.05, 4.69) is 31.0 Å². The maximum atomic E-state index is 12.0. The van der Waals surface area contributed by atoms with Crippen LogP contribution in [0, 0.1) is 11.8 Å². The second-order valence-electron chi connectivity index (χ2n) is 6.78. The number of carbonyl (C=O) groups is 1. The lowest BCUT2D eigenvalue weighted by atomic mass is 9.93. The second-order valence-corrected chi connectivity index (χ2v) is 6.78. The van der Waals surface area contributed by atoms with Crippen molar-refractivity contribution in [1.82, 2.24) is 10.2 Å². The fraction of sp³-hybridized carbons (Fsp3) is 0.933. The first-order valence-electron chi connectivity index (χ1n) is 7.59. The van der Waals surface area contributed by atoms with Gasteiger partial charge in [0.1, 0.15) is 0 Å². The number of ether oxygens (including phenoxy) is 1. The van der Waals surface area contributed by atoms with E-state index in [0.717, 1.165) is 38.6 Å². The predicted octanol–water partition coefficient (Wildman–Crippen LogP) is 1.65. The Morgan fingerprint density at radius 1 is 1.42 bits per heavy atom. The summed E-state index contributed by atoms with van der Waals surface area (Å²) in [7, 11) is 0. The van der Waals surface area contributed by atoms with Gasteiger partial charge in [0.05, 0.1) is 12.5 Å². The quantitative estimate of drug-likeness (QED) is 0.843. The third-order valence-corrected chi connectivity index (χ3v) is 4.51. The fourth-order valence-electron chi connectivity index (χ4n) is 3.04. The van der Waals surface area contributed by atoms with Gasteiger partial charge in [0, 0.05) is 25.2 Å². The van der Waals surface area contributed by atoms with Crippen LogP contribution >= 0.6 is 0 Å². The number of rotatable bonds is 4. The van der Waals surface area contributed by atoms with Crippen molar-refractivity contribution in [2.75, 3.05) is 32.8 Å². The molecule has 0 radical (unpaired) electrons. The lowest BCUT2D eigenvalue weighted by molar-refractivity contribution is -0.125. The first-order valence-corrected chi connectivity index (χ1v) is 7.59. The van der Waals surface area contributed by atoms with Crippen molar-refractivity contribution in [3.8, 4) is 0 Å². The molecule has 2 heterocycles. The SMILES string of the molecule is C[C@@H]1CCCN(C(C)(C)CNC(=O)[C@@H]2CCOC2)C1. The number of hydrogen-bond donors (Lipinski definition) is 1. The van der Waals surface area contributed by atoms with E-state index in [0.29, 0.717) is 6.61 Å². The van der Waals surface area contributed by atoms with E-state index < -0.39 is 0 Å². The maximum absolute atomic E-state index is 12.0. The Balaban J connectivity index is 1.80. The normalized spacial score (nSPS) is 29.4. The summed E-state index contributed by atoms with van der Waals surface area (Å²) in [5.74, 6) is 0.999. The molecule has 110 valence electrons. The standard InChI is InChI=1S/C15H28N2O2/c1-12-5-4-7-17(9-12)15(2,3)11-16-14(18)13-6-8-19-10-13/h12-13H,4-11H2,1-3H3,(H,16,18)/t12-,13-/m1/s1. The van der Waals surface area contributed by atoms with Crippen LogP contribution in [0.4, 0.5) is 0 Å². The minimum atomic E-state index is 0.0454. The van der Waals surface area contributed by atoms with E-state index in [9.17, 15) is 4.79 Å². The highest BCUT2D eigenvalue weighted by Crippen LogP contribution is 2.23. The fourth-order valence-corrected chi connectivity index (χ4v) is 3.04. The minimum absolute atomic E-state index is 0.0454. The van der Waals surface area contributed by atoms with Gasteiger partial charge in [-0.1, -0.05) is 6.92 Å². The molecule has 19 heavy (non-hydrogen) atoms. The average Bonchev–Trinajstić information content (AvgIpc) is 2.90. The molecule has 2 rings (SSSR count). The molecule has 4 heteroatoms. The Morgan fingerprint density at radius 3 is 2.84 bits per heavy atom. The Labute approximate surface area is 116 Å². The molecule has 2 atom stereocenters. The summed E-state index contributed by atoms with van der Waals surface area (Å²) in [5.41, 5.74) is 0.0454. The van der Waals surface area contributed by atoms with Gasteiger partial charge in [-0.15, -0.1) is 0 Å². The summed E-state index contributed by atoms with van der Waals surface area (Å²) < 4.78 is 5.27. The summed E-state index contributed by atoms with van der Waals surface area (Å²) in [6.07, 6.45) is 3.47. The van der Waals surface area contributed by atoms with Crippen LogP contribution < -0.4 is 5.32 Å². The number of amides is 1. The van der Waals surface area contributed by atoms with Crippen LogP contribution in [-0.2, 0) is 9.53 Å². The Kier molecular flexibility index (Phi) is 4.85. The van der Waals surface area contributed by atoms with E-state index in [-0.39, 0.29) is 17.4 Å². The number of piperidine rings is 1. The lowest BCUT2D eigenvalue weighted by Crippen LogP contribution is -2.55. The summed E-state index contributed by atoms with van der Waals surface area (Å²) in [6.45, 7) is 11.1. The molecule has 1 amide bonds. The molecule has 0 aromatic heterocycles. The van der Waals surface area contributed by atoms with Crippen molar-refractivity contribution in [2.45, 2.75) is 45.6 Å². The van der Waals surface area contributed by atoms with E-state index in [4.69, 9.17) is 4.74 Å². The zero-order valence-corrected chi connectivity index (χ0v) is 12.6. The number of nitrogens with one attached hydrogen (secondary N) is 1. The van der Waals surface area contributed by atoms with Gasteiger partial charge in [0.25, 0.3) is 0 Å². The summed E-state index contributed by atoms with van der Waals surface area (Å²) in [5, 5.41) is 3.12. The molecule has 2 aliphatic rings. The number of hydrogen-bond acceptors (Lipinski definition) is 3. The van der Waals surface area contributed by atoms with Gasteiger partial charge in [-0.25, -0.2) is 0 Å². The lowest BCUT2D eigenvalue weighted by Gasteiger charge is -2.43. The van der Waals surface area contributed by atoms with Crippen LogP contribution in [0.1, 0.15) is 40.0 Å². The first-order chi connectivity index (χ1) is 8.99. The van der Waals surface area contributed by atoms with Crippen molar-refractivity contribution in [3.05, 3.63) is 0 Å². The van der Waals surface area contributed by atoms with Crippen LogP contribution in [0.25, 0.3) is 0 Å². The van der Waals surface area contributed by atoms with Crippen LogP contribution in [0.5, 0.6) is 0 Å². The van der Waals surface area contributed by atoms with E-state index >= 15 is 0 Å². The number of likely N-dealkylation sites (tertiary alicyclic amines) is 1. The van der Waals surface area contributed by atoms with Gasteiger partial charge in [-0.3, -0.25) is 9.69 Å². The summed E-state index contributed by atoms with van der Waals surface area (Å²) in [4.78, 5) is 14.5.